The Hall–Kier alpha value is -1.66. The normalized spacial score (nSPS) is 14.1. The third-order valence-electron chi connectivity index (χ3n) is 3.56. The van der Waals surface area contributed by atoms with E-state index in [-0.39, 0.29) is 0 Å². The number of hydrogen-bond donors (Lipinski definition) is 2. The molecule has 0 amide bonds. The number of rotatable bonds is 7. The summed E-state index contributed by atoms with van der Waals surface area (Å²) in [7, 11) is 1.68. The van der Waals surface area contributed by atoms with Crippen molar-refractivity contribution in [2.75, 3.05) is 7.05 Å². The lowest BCUT2D eigenvalue weighted by Gasteiger charge is -2.24. The van der Waals surface area contributed by atoms with Gasteiger partial charge in [0.25, 0.3) is 0 Å². The number of carboxylic acid groups (broad SMARTS) is 1. The predicted molar refractivity (Wildman–Crippen MR) is 79.9 cm³/mol. The van der Waals surface area contributed by atoms with Crippen molar-refractivity contribution in [1.29, 1.82) is 0 Å². The molecule has 0 spiro atoms. The van der Waals surface area contributed by atoms with Gasteiger partial charge in [-0.3, -0.25) is 4.79 Å². The first-order valence-corrected chi connectivity index (χ1v) is 7.42. The smallest absolute Gasteiger partial charge is 0.323 e. The molecule has 0 saturated carbocycles. The minimum absolute atomic E-state index is 0.570. The van der Waals surface area contributed by atoms with E-state index in [1.165, 1.54) is 0 Å². The third-order valence-corrected chi connectivity index (χ3v) is 4.42. The zero-order valence-corrected chi connectivity index (χ0v) is 12.5. The Morgan fingerprint density at radius 1 is 1.60 bits per heavy atom. The van der Waals surface area contributed by atoms with Gasteiger partial charge in [0.1, 0.15) is 11.4 Å². The van der Waals surface area contributed by atoms with Crippen molar-refractivity contribution >= 4 is 17.3 Å². The molecule has 0 radical (unpaired) electrons. The van der Waals surface area contributed by atoms with Crippen molar-refractivity contribution in [3.05, 3.63) is 29.9 Å². The van der Waals surface area contributed by atoms with E-state index in [0.29, 0.717) is 6.42 Å². The van der Waals surface area contributed by atoms with E-state index in [1.54, 1.807) is 31.5 Å². The summed E-state index contributed by atoms with van der Waals surface area (Å²) in [4.78, 5) is 16.7. The summed E-state index contributed by atoms with van der Waals surface area (Å²) < 4.78 is 2.07. The van der Waals surface area contributed by atoms with E-state index in [1.807, 2.05) is 23.7 Å². The Kier molecular flexibility index (Phi) is 4.57. The van der Waals surface area contributed by atoms with E-state index in [2.05, 4.69) is 14.9 Å². The van der Waals surface area contributed by atoms with Gasteiger partial charge in [0.2, 0.25) is 0 Å². The molecule has 0 aromatic carbocycles. The van der Waals surface area contributed by atoms with Crippen molar-refractivity contribution in [1.82, 2.24) is 14.9 Å². The van der Waals surface area contributed by atoms with Gasteiger partial charge in [-0.2, -0.15) is 0 Å². The Labute approximate surface area is 122 Å². The van der Waals surface area contributed by atoms with Gasteiger partial charge in [0.15, 0.2) is 0 Å². The average Bonchev–Trinajstić information content (AvgIpc) is 3.08. The second kappa shape index (κ2) is 6.19. The van der Waals surface area contributed by atoms with Crippen LogP contribution in [0.1, 0.15) is 19.8 Å². The van der Waals surface area contributed by atoms with Gasteiger partial charge in [-0.05, 0) is 38.3 Å². The van der Waals surface area contributed by atoms with Crippen LogP contribution in [0.3, 0.4) is 0 Å². The molecule has 108 valence electrons. The standard InChI is InChI=1S/C14H19N3O2S/c1-14(15-2,13(18)19)6-4-8-17-9-7-16-12(17)11-5-3-10-20-11/h3,5,7,9-10,15H,4,6,8H2,1-2H3,(H,18,19). The van der Waals surface area contributed by atoms with Gasteiger partial charge in [0.05, 0.1) is 4.88 Å². The molecule has 0 aliphatic heterocycles. The Morgan fingerprint density at radius 2 is 2.40 bits per heavy atom. The molecule has 5 nitrogen and oxygen atoms in total. The summed E-state index contributed by atoms with van der Waals surface area (Å²) in [5.41, 5.74) is -0.871. The van der Waals surface area contributed by atoms with Gasteiger partial charge < -0.3 is 15.0 Å². The van der Waals surface area contributed by atoms with Crippen LogP contribution in [0, 0.1) is 0 Å². The number of thiophene rings is 1. The fourth-order valence-electron chi connectivity index (χ4n) is 2.06. The number of hydrogen-bond acceptors (Lipinski definition) is 4. The van der Waals surface area contributed by atoms with Gasteiger partial charge >= 0.3 is 5.97 Å². The van der Waals surface area contributed by atoms with Crippen molar-refractivity contribution in [2.24, 2.45) is 0 Å². The molecule has 0 saturated heterocycles. The van der Waals surface area contributed by atoms with Gasteiger partial charge in [0, 0.05) is 18.9 Å². The molecular weight excluding hydrogens is 274 g/mol. The average molecular weight is 293 g/mol. The van der Waals surface area contributed by atoms with Crippen LogP contribution < -0.4 is 5.32 Å². The van der Waals surface area contributed by atoms with Crippen molar-refractivity contribution in [3.8, 4) is 10.7 Å². The molecular formula is C14H19N3O2S. The maximum absolute atomic E-state index is 11.2. The summed E-state index contributed by atoms with van der Waals surface area (Å²) in [5.74, 6) is 0.130. The molecule has 1 atom stereocenters. The first-order valence-electron chi connectivity index (χ1n) is 6.54. The summed E-state index contributed by atoms with van der Waals surface area (Å²) in [6.07, 6.45) is 5.06. The SMILES string of the molecule is CNC(C)(CCCn1ccnc1-c1cccs1)C(=O)O. The first kappa shape index (κ1) is 14.7. The van der Waals surface area contributed by atoms with Gasteiger partial charge in [-0.15, -0.1) is 11.3 Å². The second-order valence-electron chi connectivity index (χ2n) is 4.91. The van der Waals surface area contributed by atoms with E-state index >= 15 is 0 Å². The van der Waals surface area contributed by atoms with Gasteiger partial charge in [-0.25, -0.2) is 4.98 Å². The lowest BCUT2D eigenvalue weighted by molar-refractivity contribution is -0.144. The number of aromatic nitrogens is 2. The zero-order chi connectivity index (χ0) is 14.6. The highest BCUT2D eigenvalue weighted by atomic mass is 32.1. The molecule has 0 aliphatic carbocycles. The largest absolute Gasteiger partial charge is 0.480 e. The molecule has 1 unspecified atom stereocenters. The molecule has 2 aromatic heterocycles. The number of imidazole rings is 1. The lowest BCUT2D eigenvalue weighted by atomic mass is 9.96. The Morgan fingerprint density at radius 3 is 3.00 bits per heavy atom. The molecule has 0 fully saturated rings. The minimum atomic E-state index is -0.871. The summed E-state index contributed by atoms with van der Waals surface area (Å²) in [6.45, 7) is 2.47. The number of carbonyl (C=O) groups is 1. The van der Waals surface area contributed by atoms with Crippen LogP contribution in [0.15, 0.2) is 29.9 Å². The van der Waals surface area contributed by atoms with E-state index in [0.717, 1.165) is 23.7 Å². The van der Waals surface area contributed by atoms with Crippen molar-refractivity contribution < 1.29 is 9.90 Å². The summed E-state index contributed by atoms with van der Waals surface area (Å²) in [5, 5.41) is 14.1. The number of likely N-dealkylation sites (N-methyl/N-ethyl adjacent to an activating group) is 1. The van der Waals surface area contributed by atoms with Crippen LogP contribution in [0.25, 0.3) is 10.7 Å². The number of nitrogens with zero attached hydrogens (tertiary/aromatic N) is 2. The van der Waals surface area contributed by atoms with Crippen molar-refractivity contribution in [3.63, 3.8) is 0 Å². The number of aryl methyl sites for hydroxylation is 1. The van der Waals surface area contributed by atoms with Crippen LogP contribution in [-0.4, -0.2) is 33.2 Å². The van der Waals surface area contributed by atoms with Crippen LogP contribution in [-0.2, 0) is 11.3 Å². The zero-order valence-electron chi connectivity index (χ0n) is 11.7. The minimum Gasteiger partial charge on any atom is -0.480 e. The molecule has 0 aliphatic rings. The maximum Gasteiger partial charge on any atom is 0.323 e. The van der Waals surface area contributed by atoms with Crippen LogP contribution in [0.2, 0.25) is 0 Å². The number of aliphatic carboxylic acids is 1. The summed E-state index contributed by atoms with van der Waals surface area (Å²) in [6, 6.07) is 4.04. The Bertz CT molecular complexity index is 565. The molecule has 0 bridgehead atoms. The highest BCUT2D eigenvalue weighted by Crippen LogP contribution is 2.23. The van der Waals surface area contributed by atoms with E-state index in [4.69, 9.17) is 0 Å². The van der Waals surface area contributed by atoms with E-state index in [9.17, 15) is 9.90 Å². The van der Waals surface area contributed by atoms with Crippen LogP contribution in [0.4, 0.5) is 0 Å². The quantitative estimate of drug-likeness (QED) is 0.823. The highest BCUT2D eigenvalue weighted by molar-refractivity contribution is 7.13. The van der Waals surface area contributed by atoms with Gasteiger partial charge in [-0.1, -0.05) is 6.07 Å². The maximum atomic E-state index is 11.2. The van der Waals surface area contributed by atoms with Crippen LogP contribution in [0.5, 0.6) is 0 Å². The topological polar surface area (TPSA) is 67.2 Å². The Balaban J connectivity index is 1.99. The molecule has 2 heterocycles. The van der Waals surface area contributed by atoms with Crippen molar-refractivity contribution in [2.45, 2.75) is 31.8 Å². The monoisotopic (exact) mass is 293 g/mol. The predicted octanol–water partition coefficient (Wildman–Crippen LogP) is 2.45. The van der Waals surface area contributed by atoms with E-state index < -0.39 is 11.5 Å². The third kappa shape index (κ3) is 3.08. The number of carboxylic acids is 1. The molecule has 2 aromatic rings. The molecule has 2 rings (SSSR count). The molecule has 6 heteroatoms. The number of nitrogens with one attached hydrogen (secondary N) is 1. The molecule has 2 N–H and O–H groups in total. The highest BCUT2D eigenvalue weighted by Gasteiger charge is 2.30. The molecule has 20 heavy (non-hydrogen) atoms. The first-order chi connectivity index (χ1) is 9.57. The summed E-state index contributed by atoms with van der Waals surface area (Å²) >= 11 is 1.65. The fraction of sp³-hybridized carbons (Fsp3) is 0.429. The second-order valence-corrected chi connectivity index (χ2v) is 5.86. The lowest BCUT2D eigenvalue weighted by Crippen LogP contribution is -2.47. The van der Waals surface area contributed by atoms with Crippen LogP contribution >= 0.6 is 11.3 Å². The fourth-order valence-corrected chi connectivity index (χ4v) is 2.80.